The van der Waals surface area contributed by atoms with Crippen LogP contribution in [0.5, 0.6) is 11.5 Å². The molecule has 26 heavy (non-hydrogen) atoms. The fourth-order valence-corrected chi connectivity index (χ4v) is 2.74. The summed E-state index contributed by atoms with van der Waals surface area (Å²) in [5.74, 6) is -1.82. The van der Waals surface area contributed by atoms with Crippen LogP contribution in [0.15, 0.2) is 36.5 Å². The van der Waals surface area contributed by atoms with Crippen molar-refractivity contribution in [2.24, 2.45) is 0 Å². The van der Waals surface area contributed by atoms with E-state index in [0.717, 1.165) is 6.20 Å². The average Bonchev–Trinajstić information content (AvgIpc) is 2.67. The van der Waals surface area contributed by atoms with Gasteiger partial charge >= 0.3 is 0 Å². The number of nitrogens with zero attached hydrogens (tertiary/aromatic N) is 2. The van der Waals surface area contributed by atoms with Crippen molar-refractivity contribution in [3.8, 4) is 11.5 Å². The summed E-state index contributed by atoms with van der Waals surface area (Å²) in [7, 11) is 1.54. The van der Waals surface area contributed by atoms with E-state index < -0.39 is 29.1 Å². The highest BCUT2D eigenvalue weighted by Crippen LogP contribution is 2.29. The molecule has 1 amide bonds. The van der Waals surface area contributed by atoms with Crippen LogP contribution in [0.1, 0.15) is 30.8 Å². The van der Waals surface area contributed by atoms with Crippen molar-refractivity contribution in [3.63, 3.8) is 0 Å². The lowest BCUT2D eigenvalue weighted by Gasteiger charge is -2.42. The summed E-state index contributed by atoms with van der Waals surface area (Å²) < 4.78 is 12.0. The standard InChI is InChI=1S/C14H16N2O6.C2H6.C2H4/c1-21-5-3-8-2-4-16-10(22-8)7-15-6-9(17)12(18)13(19)11(15)14(16)20;2*1-2/h3,5-6,8,10,17,19H,2,4,7H2,1H3;1-2H3;1-2H2/b5-3-;;. The van der Waals surface area contributed by atoms with Gasteiger partial charge in [0, 0.05) is 6.54 Å². The van der Waals surface area contributed by atoms with Crippen LogP contribution in [-0.4, -0.2) is 51.6 Å². The smallest absolute Gasteiger partial charge is 0.276 e. The number of aromatic nitrogens is 1. The summed E-state index contributed by atoms with van der Waals surface area (Å²) in [5, 5.41) is 19.4. The van der Waals surface area contributed by atoms with E-state index in [-0.39, 0.29) is 18.3 Å². The van der Waals surface area contributed by atoms with E-state index in [1.807, 2.05) is 13.8 Å². The van der Waals surface area contributed by atoms with Crippen molar-refractivity contribution in [1.82, 2.24) is 9.47 Å². The van der Waals surface area contributed by atoms with E-state index in [9.17, 15) is 19.8 Å². The normalized spacial score (nSPS) is 20.9. The number of methoxy groups -OCH3 is 1. The minimum absolute atomic E-state index is 0.117. The summed E-state index contributed by atoms with van der Waals surface area (Å²) >= 11 is 0. The third-order valence-corrected chi connectivity index (χ3v) is 3.82. The highest BCUT2D eigenvalue weighted by atomic mass is 16.5. The molecule has 1 saturated heterocycles. The largest absolute Gasteiger partial charge is 0.505 e. The molecule has 1 aromatic heterocycles. The molecule has 2 aliphatic heterocycles. The van der Waals surface area contributed by atoms with Crippen LogP contribution in [0.4, 0.5) is 0 Å². The van der Waals surface area contributed by atoms with Gasteiger partial charge in [-0.15, -0.1) is 13.2 Å². The van der Waals surface area contributed by atoms with Gasteiger partial charge in [0.05, 0.1) is 32.2 Å². The Bertz CT molecular complexity index is 712. The Morgan fingerprint density at radius 3 is 2.58 bits per heavy atom. The maximum absolute atomic E-state index is 12.5. The molecule has 2 aliphatic rings. The second-order valence-electron chi connectivity index (χ2n) is 5.17. The molecule has 0 spiro atoms. The Morgan fingerprint density at radius 2 is 1.96 bits per heavy atom. The van der Waals surface area contributed by atoms with Gasteiger partial charge in [-0.05, 0) is 12.5 Å². The molecule has 0 radical (unpaired) electrons. The Hall–Kier alpha value is -2.74. The van der Waals surface area contributed by atoms with Crippen LogP contribution < -0.4 is 5.43 Å². The van der Waals surface area contributed by atoms with Crippen LogP contribution in [-0.2, 0) is 16.0 Å². The summed E-state index contributed by atoms with van der Waals surface area (Å²) in [6.45, 7) is 10.7. The van der Waals surface area contributed by atoms with Crippen LogP contribution >= 0.6 is 0 Å². The van der Waals surface area contributed by atoms with E-state index in [1.165, 1.54) is 22.8 Å². The molecule has 2 unspecified atom stereocenters. The summed E-state index contributed by atoms with van der Waals surface area (Å²) in [5.41, 5.74) is -1.06. The summed E-state index contributed by atoms with van der Waals surface area (Å²) in [4.78, 5) is 25.5. The van der Waals surface area contributed by atoms with E-state index in [1.54, 1.807) is 6.08 Å². The molecule has 1 aromatic rings. The first kappa shape index (κ1) is 21.3. The minimum Gasteiger partial charge on any atom is -0.505 e. The van der Waals surface area contributed by atoms with E-state index in [4.69, 9.17) is 9.47 Å². The topological polar surface area (TPSA) is 101 Å². The van der Waals surface area contributed by atoms with Crippen LogP contribution in [0.25, 0.3) is 0 Å². The molecule has 144 valence electrons. The van der Waals surface area contributed by atoms with Crippen molar-refractivity contribution >= 4 is 5.91 Å². The zero-order valence-electron chi connectivity index (χ0n) is 15.3. The summed E-state index contributed by atoms with van der Waals surface area (Å²) in [6.07, 6.45) is 4.31. The van der Waals surface area contributed by atoms with Crippen molar-refractivity contribution < 1.29 is 24.5 Å². The monoisotopic (exact) mass is 366 g/mol. The van der Waals surface area contributed by atoms with Crippen LogP contribution in [0.3, 0.4) is 0 Å². The first-order valence-electron chi connectivity index (χ1n) is 8.34. The molecule has 8 heteroatoms. The predicted octanol–water partition coefficient (Wildman–Crippen LogP) is 1.82. The number of hydrogen-bond acceptors (Lipinski definition) is 6. The van der Waals surface area contributed by atoms with Gasteiger partial charge in [-0.25, -0.2) is 0 Å². The molecule has 2 atom stereocenters. The molecular formula is C18H26N2O6. The zero-order valence-corrected chi connectivity index (χ0v) is 15.3. The molecule has 0 aliphatic carbocycles. The Morgan fingerprint density at radius 1 is 1.31 bits per heavy atom. The van der Waals surface area contributed by atoms with Gasteiger partial charge in [0.15, 0.2) is 23.4 Å². The van der Waals surface area contributed by atoms with E-state index >= 15 is 0 Å². The minimum atomic E-state index is -0.947. The maximum atomic E-state index is 12.5. The molecular weight excluding hydrogens is 340 g/mol. The van der Waals surface area contributed by atoms with E-state index in [0.29, 0.717) is 13.0 Å². The first-order valence-corrected chi connectivity index (χ1v) is 8.34. The van der Waals surface area contributed by atoms with Gasteiger partial charge in [0.1, 0.15) is 0 Å². The number of rotatable bonds is 2. The number of fused-ring (bicyclic) bond motifs is 2. The predicted molar refractivity (Wildman–Crippen MR) is 97.1 cm³/mol. The van der Waals surface area contributed by atoms with Crippen molar-refractivity contribution in [3.05, 3.63) is 47.6 Å². The average molecular weight is 366 g/mol. The van der Waals surface area contributed by atoms with Crippen molar-refractivity contribution in [1.29, 1.82) is 0 Å². The van der Waals surface area contributed by atoms with Gasteiger partial charge in [-0.1, -0.05) is 13.8 Å². The number of amides is 1. The third-order valence-electron chi connectivity index (χ3n) is 3.82. The second-order valence-corrected chi connectivity index (χ2v) is 5.17. The lowest BCUT2D eigenvalue weighted by atomic mass is 10.1. The molecule has 0 aromatic carbocycles. The number of hydrogen-bond donors (Lipinski definition) is 2. The fraction of sp³-hybridized carbons (Fsp3) is 0.444. The first-order chi connectivity index (χ1) is 12.5. The highest BCUT2D eigenvalue weighted by molar-refractivity contribution is 5.96. The summed E-state index contributed by atoms with van der Waals surface area (Å²) in [6, 6.07) is 0. The second kappa shape index (κ2) is 9.67. The molecule has 0 bridgehead atoms. The third kappa shape index (κ3) is 4.08. The Kier molecular flexibility index (Phi) is 7.92. The lowest BCUT2D eigenvalue weighted by molar-refractivity contribution is -0.119. The number of ether oxygens (including phenoxy) is 2. The molecule has 8 nitrogen and oxygen atoms in total. The fourth-order valence-electron chi connectivity index (χ4n) is 2.74. The Labute approximate surface area is 152 Å². The quantitative estimate of drug-likeness (QED) is 0.612. The van der Waals surface area contributed by atoms with Gasteiger partial charge in [0.2, 0.25) is 0 Å². The van der Waals surface area contributed by atoms with Gasteiger partial charge in [0.25, 0.3) is 11.3 Å². The molecule has 0 saturated carbocycles. The molecule has 3 heterocycles. The number of carbonyl (C=O) groups excluding carboxylic acids is 1. The van der Waals surface area contributed by atoms with Crippen LogP contribution in [0, 0.1) is 0 Å². The lowest BCUT2D eigenvalue weighted by Crippen LogP contribution is -2.54. The van der Waals surface area contributed by atoms with Crippen molar-refractivity contribution in [2.45, 2.75) is 39.1 Å². The molecule has 3 rings (SSSR count). The zero-order chi connectivity index (χ0) is 19.9. The van der Waals surface area contributed by atoms with Crippen molar-refractivity contribution in [2.75, 3.05) is 13.7 Å². The number of pyridine rings is 1. The SMILES string of the molecule is C=C.CC.CO/C=C\C1CCN2C(=O)c3c(O)c(=O)c(O)cn3CC2O1. The van der Waals surface area contributed by atoms with Gasteiger partial charge in [-0.3, -0.25) is 9.59 Å². The highest BCUT2D eigenvalue weighted by Gasteiger charge is 2.39. The van der Waals surface area contributed by atoms with Gasteiger partial charge < -0.3 is 29.2 Å². The van der Waals surface area contributed by atoms with Gasteiger partial charge in [-0.2, -0.15) is 0 Å². The molecule has 1 fully saturated rings. The Balaban J connectivity index is 0.000000791. The number of aromatic hydroxyl groups is 2. The molecule has 2 N–H and O–H groups in total. The van der Waals surface area contributed by atoms with E-state index in [2.05, 4.69) is 13.2 Å². The maximum Gasteiger partial charge on any atom is 0.276 e. The van der Waals surface area contributed by atoms with Crippen LogP contribution in [0.2, 0.25) is 0 Å². The number of carbonyl (C=O) groups is 1.